The smallest absolute Gasteiger partial charge is 0.0614 e. The molecule has 3 heteroatoms. The second-order valence-electron chi connectivity index (χ2n) is 5.79. The summed E-state index contributed by atoms with van der Waals surface area (Å²) >= 11 is 0. The van der Waals surface area contributed by atoms with Crippen LogP contribution in [0.2, 0.25) is 0 Å². The molecule has 2 aliphatic rings. The molecule has 0 aromatic carbocycles. The van der Waals surface area contributed by atoms with Crippen LogP contribution >= 0.6 is 0 Å². The Hall–Kier alpha value is -0.120. The van der Waals surface area contributed by atoms with Crippen LogP contribution in [-0.4, -0.2) is 35.5 Å². The average Bonchev–Trinajstić information content (AvgIpc) is 2.55. The van der Waals surface area contributed by atoms with E-state index in [1.54, 1.807) is 0 Å². The van der Waals surface area contributed by atoms with Crippen molar-refractivity contribution in [2.24, 2.45) is 0 Å². The lowest BCUT2D eigenvalue weighted by Gasteiger charge is -2.32. The van der Waals surface area contributed by atoms with Crippen molar-refractivity contribution in [2.75, 3.05) is 6.61 Å². The molecule has 2 rings (SSSR count). The topological polar surface area (TPSA) is 41.5 Å². The van der Waals surface area contributed by atoms with Gasteiger partial charge in [-0.2, -0.15) is 0 Å². The van der Waals surface area contributed by atoms with Crippen LogP contribution < -0.4 is 5.32 Å². The lowest BCUT2D eigenvalue weighted by atomic mass is 9.95. The Morgan fingerprint density at radius 2 is 2.06 bits per heavy atom. The Morgan fingerprint density at radius 1 is 1.31 bits per heavy atom. The first-order valence-electron chi connectivity index (χ1n) is 6.67. The Morgan fingerprint density at radius 3 is 2.56 bits per heavy atom. The van der Waals surface area contributed by atoms with Gasteiger partial charge in [0, 0.05) is 11.6 Å². The molecule has 2 fully saturated rings. The van der Waals surface area contributed by atoms with E-state index in [1.165, 1.54) is 19.3 Å². The first-order chi connectivity index (χ1) is 7.63. The molecule has 2 unspecified atom stereocenters. The second-order valence-corrected chi connectivity index (χ2v) is 5.79. The van der Waals surface area contributed by atoms with Gasteiger partial charge in [0.15, 0.2) is 0 Å². The van der Waals surface area contributed by atoms with Gasteiger partial charge in [-0.15, -0.1) is 0 Å². The van der Waals surface area contributed by atoms with Crippen molar-refractivity contribution in [1.82, 2.24) is 5.32 Å². The van der Waals surface area contributed by atoms with Gasteiger partial charge < -0.3 is 15.2 Å². The quantitative estimate of drug-likeness (QED) is 0.753. The molecule has 3 nitrogen and oxygen atoms in total. The van der Waals surface area contributed by atoms with Gasteiger partial charge in [-0.3, -0.25) is 0 Å². The van der Waals surface area contributed by atoms with Crippen LogP contribution in [0.15, 0.2) is 0 Å². The standard InChI is InChI=1S/C13H25NO2/c1-10(2)14-13(9-15)7-6-12(8-13)16-11-4-3-5-11/h10-12,14-15H,3-9H2,1-2H3. The van der Waals surface area contributed by atoms with E-state index in [0.717, 1.165) is 19.3 Å². The normalized spacial score (nSPS) is 35.6. The van der Waals surface area contributed by atoms with Crippen molar-refractivity contribution < 1.29 is 9.84 Å². The molecule has 0 heterocycles. The predicted molar refractivity (Wildman–Crippen MR) is 64.5 cm³/mol. The van der Waals surface area contributed by atoms with Crippen molar-refractivity contribution in [3.8, 4) is 0 Å². The molecule has 94 valence electrons. The van der Waals surface area contributed by atoms with Crippen LogP contribution in [0.25, 0.3) is 0 Å². The molecule has 2 N–H and O–H groups in total. The molecule has 2 aliphatic carbocycles. The summed E-state index contributed by atoms with van der Waals surface area (Å²) in [6.45, 7) is 4.50. The van der Waals surface area contributed by atoms with Gasteiger partial charge in [0.2, 0.25) is 0 Å². The van der Waals surface area contributed by atoms with Crippen molar-refractivity contribution in [3.63, 3.8) is 0 Å². The third-order valence-corrected chi connectivity index (χ3v) is 3.90. The Kier molecular flexibility index (Phi) is 3.88. The number of aliphatic hydroxyl groups is 1. The maximum Gasteiger partial charge on any atom is 0.0614 e. The fraction of sp³-hybridized carbons (Fsp3) is 1.00. The molecule has 0 radical (unpaired) electrons. The highest BCUT2D eigenvalue weighted by Gasteiger charge is 2.40. The maximum absolute atomic E-state index is 9.57. The summed E-state index contributed by atoms with van der Waals surface area (Å²) in [4.78, 5) is 0. The van der Waals surface area contributed by atoms with E-state index in [4.69, 9.17) is 4.74 Å². The van der Waals surface area contributed by atoms with Gasteiger partial charge in [0.1, 0.15) is 0 Å². The highest BCUT2D eigenvalue weighted by Crippen LogP contribution is 2.35. The summed E-state index contributed by atoms with van der Waals surface area (Å²) in [6, 6.07) is 0.426. The summed E-state index contributed by atoms with van der Waals surface area (Å²) in [5, 5.41) is 13.1. The van der Waals surface area contributed by atoms with Crippen molar-refractivity contribution in [1.29, 1.82) is 0 Å². The van der Waals surface area contributed by atoms with Crippen molar-refractivity contribution in [3.05, 3.63) is 0 Å². The summed E-state index contributed by atoms with van der Waals surface area (Å²) < 4.78 is 6.03. The van der Waals surface area contributed by atoms with E-state index >= 15 is 0 Å². The zero-order chi connectivity index (χ0) is 11.6. The number of aliphatic hydroxyl groups excluding tert-OH is 1. The van der Waals surface area contributed by atoms with Crippen LogP contribution in [0.3, 0.4) is 0 Å². The van der Waals surface area contributed by atoms with Gasteiger partial charge in [0.05, 0.1) is 18.8 Å². The highest BCUT2D eigenvalue weighted by molar-refractivity contribution is 4.98. The Balaban J connectivity index is 1.83. The van der Waals surface area contributed by atoms with Crippen LogP contribution in [0.4, 0.5) is 0 Å². The SMILES string of the molecule is CC(C)NC1(CO)CCC(OC2CCC2)C1. The molecule has 2 atom stereocenters. The van der Waals surface area contributed by atoms with Gasteiger partial charge in [-0.1, -0.05) is 13.8 Å². The van der Waals surface area contributed by atoms with E-state index in [-0.39, 0.29) is 12.1 Å². The first kappa shape index (κ1) is 12.3. The monoisotopic (exact) mass is 227 g/mol. The molecular formula is C13H25NO2. The van der Waals surface area contributed by atoms with Crippen molar-refractivity contribution >= 4 is 0 Å². The fourth-order valence-corrected chi connectivity index (χ4v) is 2.91. The van der Waals surface area contributed by atoms with Crippen LogP contribution in [-0.2, 0) is 4.74 Å². The summed E-state index contributed by atoms with van der Waals surface area (Å²) in [7, 11) is 0. The minimum absolute atomic E-state index is 0.0808. The molecule has 2 saturated carbocycles. The Labute approximate surface area is 98.6 Å². The van der Waals surface area contributed by atoms with E-state index in [1.807, 2.05) is 0 Å². The third kappa shape index (κ3) is 2.76. The third-order valence-electron chi connectivity index (χ3n) is 3.90. The molecular weight excluding hydrogens is 202 g/mol. The molecule has 0 aliphatic heterocycles. The molecule has 0 aromatic rings. The van der Waals surface area contributed by atoms with Gasteiger partial charge in [-0.05, 0) is 38.5 Å². The molecule has 0 bridgehead atoms. The number of rotatable bonds is 5. The van der Waals surface area contributed by atoms with E-state index < -0.39 is 0 Å². The van der Waals surface area contributed by atoms with E-state index in [0.29, 0.717) is 18.2 Å². The van der Waals surface area contributed by atoms with Crippen LogP contribution in [0.1, 0.15) is 52.4 Å². The minimum atomic E-state index is -0.0808. The Bertz CT molecular complexity index is 228. The molecule has 0 spiro atoms. The maximum atomic E-state index is 9.57. The largest absolute Gasteiger partial charge is 0.394 e. The number of ether oxygens (including phenoxy) is 1. The van der Waals surface area contributed by atoms with Gasteiger partial charge >= 0.3 is 0 Å². The summed E-state index contributed by atoms with van der Waals surface area (Å²) in [5.74, 6) is 0. The predicted octanol–water partition coefficient (Wildman–Crippen LogP) is 1.84. The summed E-state index contributed by atoms with van der Waals surface area (Å²) in [5.41, 5.74) is -0.0808. The van der Waals surface area contributed by atoms with Crippen molar-refractivity contribution in [2.45, 2.75) is 76.2 Å². The minimum Gasteiger partial charge on any atom is -0.394 e. The highest BCUT2D eigenvalue weighted by atomic mass is 16.5. The average molecular weight is 227 g/mol. The lowest BCUT2D eigenvalue weighted by Crippen LogP contribution is -2.50. The molecule has 0 saturated heterocycles. The second kappa shape index (κ2) is 5.03. The van der Waals surface area contributed by atoms with Crippen LogP contribution in [0, 0.1) is 0 Å². The molecule has 16 heavy (non-hydrogen) atoms. The number of hydrogen-bond acceptors (Lipinski definition) is 3. The van der Waals surface area contributed by atoms with Gasteiger partial charge in [0.25, 0.3) is 0 Å². The lowest BCUT2D eigenvalue weighted by molar-refractivity contribution is -0.0518. The van der Waals surface area contributed by atoms with E-state index in [2.05, 4.69) is 19.2 Å². The van der Waals surface area contributed by atoms with Gasteiger partial charge in [-0.25, -0.2) is 0 Å². The zero-order valence-corrected chi connectivity index (χ0v) is 10.5. The fourth-order valence-electron chi connectivity index (χ4n) is 2.91. The summed E-state index contributed by atoms with van der Waals surface area (Å²) in [6.07, 6.45) is 7.78. The molecule has 0 aromatic heterocycles. The number of nitrogens with one attached hydrogen (secondary N) is 1. The first-order valence-corrected chi connectivity index (χ1v) is 6.67. The number of hydrogen-bond donors (Lipinski definition) is 2. The van der Waals surface area contributed by atoms with Crippen LogP contribution in [0.5, 0.6) is 0 Å². The van der Waals surface area contributed by atoms with E-state index in [9.17, 15) is 5.11 Å². The molecule has 0 amide bonds. The zero-order valence-electron chi connectivity index (χ0n) is 10.5.